The highest BCUT2D eigenvalue weighted by atomic mass is 35.5. The Morgan fingerprint density at radius 3 is 2.27 bits per heavy atom. The van der Waals surface area contributed by atoms with Crippen LogP contribution in [0.3, 0.4) is 0 Å². The molecule has 1 saturated carbocycles. The van der Waals surface area contributed by atoms with Gasteiger partial charge in [0.2, 0.25) is 12.0 Å². The summed E-state index contributed by atoms with van der Waals surface area (Å²) < 4.78 is 83.2. The highest BCUT2D eigenvalue weighted by molar-refractivity contribution is 7.22. The van der Waals surface area contributed by atoms with Crippen LogP contribution in [-0.4, -0.2) is 177 Å². The highest BCUT2D eigenvalue weighted by Crippen LogP contribution is 2.53. The van der Waals surface area contributed by atoms with Gasteiger partial charge in [-0.05, 0) is 126 Å². The number of thiophene rings is 1. The number of carbonyl (C=O) groups is 1. The SMILES string of the molecule is CO[C@@H]1CO[C@H]2[C@@H]1OC[C@H]2OCCOCCOC1CCC(c2nccc(COc3ccc4cc3C[C@H](C(=O)OC(C)(C)C)Oc3ncnc5sc(-c6ccc(F)cc6)c(c35)-c3c(C)c(Cl)c(c(Cl)c3C)O[C@H](CN3CCN(C)CC3)CO4)n2)CC1. The third-order valence-electron chi connectivity index (χ3n) is 16.3. The number of benzene rings is 3. The zero-order chi connectivity index (χ0) is 59.4. The molecule has 0 amide bonds. The van der Waals surface area contributed by atoms with Crippen molar-refractivity contribution in [3.05, 3.63) is 105 Å². The minimum absolute atomic E-state index is 0.0217. The molecule has 22 heteroatoms. The molecule has 4 bridgehead atoms. The van der Waals surface area contributed by atoms with Gasteiger partial charge in [0.15, 0.2) is 5.75 Å². The van der Waals surface area contributed by atoms with Gasteiger partial charge in [-0.25, -0.2) is 29.1 Å². The molecule has 3 aromatic carbocycles. The maximum atomic E-state index is 14.7. The molecule has 3 saturated heterocycles. The van der Waals surface area contributed by atoms with Crippen LogP contribution >= 0.6 is 34.5 Å². The van der Waals surface area contributed by atoms with Gasteiger partial charge in [0.05, 0.1) is 66.9 Å². The van der Waals surface area contributed by atoms with Gasteiger partial charge in [-0.15, -0.1) is 11.3 Å². The molecule has 6 atom stereocenters. The lowest BCUT2D eigenvalue weighted by atomic mass is 9.87. The van der Waals surface area contributed by atoms with E-state index in [1.807, 2.05) is 58.9 Å². The first-order valence-corrected chi connectivity index (χ1v) is 30.9. The molecule has 5 aliphatic heterocycles. The van der Waals surface area contributed by atoms with E-state index in [2.05, 4.69) is 16.8 Å². The first-order chi connectivity index (χ1) is 41.1. The number of hydrogen-bond donors (Lipinski definition) is 0. The maximum absolute atomic E-state index is 14.7. The van der Waals surface area contributed by atoms with Gasteiger partial charge in [0.1, 0.15) is 83.6 Å². The lowest BCUT2D eigenvalue weighted by Crippen LogP contribution is -2.49. The first-order valence-electron chi connectivity index (χ1n) is 29.3. The fraction of sp³-hybridized carbons (Fsp3) is 0.540. The number of halogens is 3. The zero-order valence-electron chi connectivity index (χ0n) is 49.2. The number of nitrogens with zero attached hydrogens (tertiary/aromatic N) is 6. The van der Waals surface area contributed by atoms with Gasteiger partial charge in [-0.3, -0.25) is 4.90 Å². The molecule has 0 N–H and O–H groups in total. The number of fused-ring (bicyclic) bond motifs is 8. The molecule has 6 aromatic rings. The molecular formula is C63H75Cl2FN6O12S. The average molecular weight is 1230 g/mol. The zero-order valence-corrected chi connectivity index (χ0v) is 51.6. The van der Waals surface area contributed by atoms with Gasteiger partial charge in [0.25, 0.3) is 0 Å². The monoisotopic (exact) mass is 1230 g/mol. The summed E-state index contributed by atoms with van der Waals surface area (Å²) in [7, 11) is 3.79. The number of ether oxygens (including phenoxy) is 11. The van der Waals surface area contributed by atoms with Crippen LogP contribution in [0, 0.1) is 19.7 Å². The van der Waals surface area contributed by atoms with E-state index in [0.29, 0.717) is 123 Å². The number of hydrogen-bond acceptors (Lipinski definition) is 19. The summed E-state index contributed by atoms with van der Waals surface area (Å²) in [4.78, 5) is 39.9. The summed E-state index contributed by atoms with van der Waals surface area (Å²) in [6, 6.07) is 13.6. The Hall–Kier alpha value is -5.36. The van der Waals surface area contributed by atoms with E-state index in [0.717, 1.165) is 62.6 Å². The Morgan fingerprint density at radius 1 is 0.824 bits per heavy atom. The molecule has 18 nitrogen and oxygen atoms in total. The molecular weight excluding hydrogens is 1150 g/mol. The molecule has 85 heavy (non-hydrogen) atoms. The summed E-state index contributed by atoms with van der Waals surface area (Å²) in [5, 5.41) is 1.14. The normalized spacial score (nSPS) is 23.9. The summed E-state index contributed by atoms with van der Waals surface area (Å²) >= 11 is 16.3. The lowest BCUT2D eigenvalue weighted by molar-refractivity contribution is -0.163. The van der Waals surface area contributed by atoms with E-state index in [1.54, 1.807) is 25.4 Å². The van der Waals surface area contributed by atoms with Gasteiger partial charge >= 0.3 is 5.97 Å². The topological polar surface area (TPSA) is 177 Å². The molecule has 0 radical (unpaired) electrons. The summed E-state index contributed by atoms with van der Waals surface area (Å²) in [5.41, 5.74) is 3.84. The van der Waals surface area contributed by atoms with Crippen LogP contribution in [0.15, 0.2) is 61.1 Å². The van der Waals surface area contributed by atoms with Crippen molar-refractivity contribution in [2.75, 3.05) is 93.1 Å². The van der Waals surface area contributed by atoms with Crippen LogP contribution < -0.4 is 18.9 Å². The Labute approximate surface area is 509 Å². The number of likely N-dealkylation sites (N-methyl/N-ethyl adjacent to an activating group) is 1. The molecule has 12 rings (SSSR count). The second-order valence-electron chi connectivity index (χ2n) is 23.5. The van der Waals surface area contributed by atoms with Crippen LogP contribution in [-0.2, 0) is 51.0 Å². The minimum atomic E-state index is -1.27. The van der Waals surface area contributed by atoms with Crippen LogP contribution in [0.4, 0.5) is 4.39 Å². The second-order valence-corrected chi connectivity index (χ2v) is 25.2. The molecule has 6 aliphatic rings. The molecule has 456 valence electrons. The van der Waals surface area contributed by atoms with E-state index < -0.39 is 23.8 Å². The van der Waals surface area contributed by atoms with Crippen LogP contribution in [0.2, 0.25) is 10.0 Å². The number of methoxy groups -OCH3 is 1. The second kappa shape index (κ2) is 27.4. The van der Waals surface area contributed by atoms with Gasteiger partial charge in [0, 0.05) is 74.4 Å². The van der Waals surface area contributed by atoms with Gasteiger partial charge < -0.3 is 57.0 Å². The third kappa shape index (κ3) is 14.5. The first kappa shape index (κ1) is 61.3. The van der Waals surface area contributed by atoms with E-state index >= 15 is 0 Å². The third-order valence-corrected chi connectivity index (χ3v) is 18.4. The fourth-order valence-electron chi connectivity index (χ4n) is 11.8. The number of carbonyl (C=O) groups excluding carboxylic acids is 1. The standard InChI is InChI=1S/C63H75Cl2FN6O12S/c1-36-50-37(2)54(65)57(53(36)64)82-45(30-72-22-20-71(6)21-23-72)32-78-44-16-17-46(40(28-44)29-47(62(73)84-63(3,4)5)83-60-52-51(50)58(85-61(52)69-35-68-60)38-8-12-41(66)13-9-38)79-31-42-18-19-67-59(70-42)39-10-14-43(15-11-39)76-26-24-75-25-27-77-49-34-81-55-48(74-7)33-80-56(49)55/h8-9,12-13,16-19,28,35,39,43,45,47-49,55-56H,10-11,14-15,20-27,29-34H2,1-7H3/t39?,43?,45-,47-,48-,49-,55-,56-/m1/s1. The molecule has 1 aliphatic carbocycles. The van der Waals surface area contributed by atoms with Crippen molar-refractivity contribution >= 4 is 50.7 Å². The van der Waals surface area contributed by atoms with Crippen LogP contribution in [0.25, 0.3) is 31.8 Å². The molecule has 0 spiro atoms. The van der Waals surface area contributed by atoms with Crippen molar-refractivity contribution in [1.29, 1.82) is 0 Å². The predicted molar refractivity (Wildman–Crippen MR) is 320 cm³/mol. The van der Waals surface area contributed by atoms with Crippen molar-refractivity contribution in [1.82, 2.24) is 29.7 Å². The van der Waals surface area contributed by atoms with Crippen molar-refractivity contribution in [2.24, 2.45) is 0 Å². The maximum Gasteiger partial charge on any atom is 0.348 e. The Morgan fingerprint density at radius 2 is 1.54 bits per heavy atom. The summed E-state index contributed by atoms with van der Waals surface area (Å²) in [5.74, 6) is 1.34. The largest absolute Gasteiger partial charge is 0.490 e. The van der Waals surface area contributed by atoms with Gasteiger partial charge in [-0.1, -0.05) is 35.3 Å². The summed E-state index contributed by atoms with van der Waals surface area (Å²) in [6.45, 7) is 16.4. The van der Waals surface area contributed by atoms with E-state index in [1.165, 1.54) is 29.8 Å². The average Bonchev–Trinajstić information content (AvgIpc) is 2.59. The van der Waals surface area contributed by atoms with E-state index in [9.17, 15) is 9.18 Å². The fourth-order valence-corrected chi connectivity index (χ4v) is 13.5. The van der Waals surface area contributed by atoms with E-state index in [4.69, 9.17) is 95.2 Å². The Balaban J connectivity index is 0.836. The molecule has 4 fully saturated rings. The molecule has 3 aromatic heterocycles. The van der Waals surface area contributed by atoms with Crippen LogP contribution in [0.5, 0.6) is 23.1 Å². The summed E-state index contributed by atoms with van der Waals surface area (Å²) in [6.07, 6.45) is 4.64. The van der Waals surface area contributed by atoms with Gasteiger partial charge in [-0.2, -0.15) is 0 Å². The number of rotatable bonds is 17. The van der Waals surface area contributed by atoms with Crippen molar-refractivity contribution in [2.45, 2.75) is 128 Å². The van der Waals surface area contributed by atoms with Crippen molar-refractivity contribution in [3.63, 3.8) is 0 Å². The number of piperazine rings is 1. The molecule has 0 unspecified atom stereocenters. The van der Waals surface area contributed by atoms with E-state index in [-0.39, 0.29) is 67.8 Å². The van der Waals surface area contributed by atoms with Crippen molar-refractivity contribution in [3.8, 4) is 44.7 Å². The minimum Gasteiger partial charge on any atom is -0.490 e. The lowest BCUT2D eigenvalue weighted by Gasteiger charge is -2.35. The Kier molecular flexibility index (Phi) is 19.7. The predicted octanol–water partition coefficient (Wildman–Crippen LogP) is 10.4. The van der Waals surface area contributed by atoms with Crippen molar-refractivity contribution < 1.29 is 61.3 Å². The smallest absolute Gasteiger partial charge is 0.348 e. The number of aromatic nitrogens is 4. The quantitative estimate of drug-likeness (QED) is 0.0622. The molecule has 8 heterocycles. The number of esters is 1. The van der Waals surface area contributed by atoms with Crippen LogP contribution in [0.1, 0.15) is 80.6 Å². The Bertz CT molecular complexity index is 3260. The highest BCUT2D eigenvalue weighted by Gasteiger charge is 2.48.